The monoisotopic (exact) mass is 423 g/mol. The van der Waals surface area contributed by atoms with Gasteiger partial charge in [-0.3, -0.25) is 5.01 Å². The van der Waals surface area contributed by atoms with Gasteiger partial charge in [-0.2, -0.15) is 5.10 Å². The van der Waals surface area contributed by atoms with Crippen molar-refractivity contribution < 1.29 is 5.11 Å². The van der Waals surface area contributed by atoms with E-state index >= 15 is 0 Å². The van der Waals surface area contributed by atoms with Crippen molar-refractivity contribution in [1.29, 1.82) is 0 Å². The van der Waals surface area contributed by atoms with Gasteiger partial charge in [0, 0.05) is 25.7 Å². The fourth-order valence-electron chi connectivity index (χ4n) is 4.82. The first kappa shape index (κ1) is 19.2. The van der Waals surface area contributed by atoms with Crippen LogP contribution < -0.4 is 5.32 Å². The Balaban J connectivity index is 1.29. The topological polar surface area (TPSA) is 76.5 Å². The molecule has 2 aliphatic heterocycles. The number of benzene rings is 3. The standard InChI is InChI=1S/C26H25N5O/c1-15-4-3-5-18(10-15)16-6-8-17(9-7-16)23-25(32)24(31(2)30-23)26-28-21-11-19-13-27-14-20(19)12-22(21)29-26/h3-12,24-25,27,32H,13-14H2,1-2H3,(H,28,29). The van der Waals surface area contributed by atoms with E-state index in [-0.39, 0.29) is 6.04 Å². The minimum Gasteiger partial charge on any atom is -0.384 e. The van der Waals surface area contributed by atoms with Crippen LogP contribution in [0, 0.1) is 6.92 Å². The van der Waals surface area contributed by atoms with Crippen LogP contribution in [-0.4, -0.2) is 38.9 Å². The number of H-pyrrole nitrogens is 1. The third-order valence-electron chi connectivity index (χ3n) is 6.51. The van der Waals surface area contributed by atoms with Crippen molar-refractivity contribution in [3.05, 3.63) is 88.7 Å². The molecule has 0 amide bonds. The number of imidazole rings is 1. The number of aliphatic hydroxyl groups excluding tert-OH is 1. The SMILES string of the molecule is Cc1cccc(-c2ccc(C3=NN(C)C(c4nc5cc6c(cc5[nH]4)CNC6)C3O)cc2)c1. The predicted molar refractivity (Wildman–Crippen MR) is 126 cm³/mol. The van der Waals surface area contributed by atoms with Gasteiger partial charge >= 0.3 is 0 Å². The fourth-order valence-corrected chi connectivity index (χ4v) is 4.82. The molecule has 3 N–H and O–H groups in total. The Hall–Kier alpha value is -3.48. The van der Waals surface area contributed by atoms with Crippen LogP contribution >= 0.6 is 0 Å². The van der Waals surface area contributed by atoms with Crippen molar-refractivity contribution >= 4 is 16.7 Å². The summed E-state index contributed by atoms with van der Waals surface area (Å²) in [7, 11) is 1.89. The van der Waals surface area contributed by atoms with Crippen molar-refractivity contribution in [2.45, 2.75) is 32.2 Å². The first-order valence-electron chi connectivity index (χ1n) is 11.0. The number of fused-ring (bicyclic) bond motifs is 2. The molecule has 0 radical (unpaired) electrons. The molecule has 4 aromatic rings. The molecule has 0 spiro atoms. The Kier molecular flexibility index (Phi) is 4.38. The molecular weight excluding hydrogens is 398 g/mol. The van der Waals surface area contributed by atoms with Gasteiger partial charge in [0.25, 0.3) is 0 Å². The molecule has 0 saturated heterocycles. The quantitative estimate of drug-likeness (QED) is 0.467. The number of hydrazone groups is 1. The molecule has 6 rings (SSSR count). The molecule has 6 heteroatoms. The molecular formula is C26H25N5O. The number of aryl methyl sites for hydroxylation is 1. The van der Waals surface area contributed by atoms with Gasteiger partial charge in [0.05, 0.1) is 16.7 Å². The highest BCUT2D eigenvalue weighted by Gasteiger charge is 2.38. The molecule has 160 valence electrons. The zero-order valence-electron chi connectivity index (χ0n) is 18.1. The van der Waals surface area contributed by atoms with E-state index in [1.807, 2.05) is 19.2 Å². The number of aromatic nitrogens is 2. The highest BCUT2D eigenvalue weighted by Crippen LogP contribution is 2.33. The lowest BCUT2D eigenvalue weighted by atomic mass is 9.97. The third-order valence-corrected chi connectivity index (χ3v) is 6.51. The number of hydrogen-bond acceptors (Lipinski definition) is 5. The van der Waals surface area contributed by atoms with E-state index in [1.54, 1.807) is 5.01 Å². The molecule has 6 nitrogen and oxygen atoms in total. The second-order valence-electron chi connectivity index (χ2n) is 8.76. The molecule has 2 unspecified atom stereocenters. The molecule has 0 fully saturated rings. The number of likely N-dealkylation sites (N-methyl/N-ethyl adjacent to an activating group) is 1. The van der Waals surface area contributed by atoms with E-state index in [9.17, 15) is 5.11 Å². The predicted octanol–water partition coefficient (Wildman–Crippen LogP) is 3.89. The zero-order chi connectivity index (χ0) is 21.8. The number of aromatic amines is 1. The Labute approximate surface area is 186 Å². The number of hydrogen-bond donors (Lipinski definition) is 3. The van der Waals surface area contributed by atoms with Gasteiger partial charge in [-0.1, -0.05) is 54.1 Å². The van der Waals surface area contributed by atoms with Crippen LogP contribution in [0.4, 0.5) is 0 Å². The van der Waals surface area contributed by atoms with Gasteiger partial charge < -0.3 is 15.4 Å². The second kappa shape index (κ2) is 7.29. The first-order valence-corrected chi connectivity index (χ1v) is 11.0. The Morgan fingerprint density at radius 2 is 1.69 bits per heavy atom. The summed E-state index contributed by atoms with van der Waals surface area (Å²) in [5.41, 5.74) is 9.68. The molecule has 0 bridgehead atoms. The molecule has 0 saturated carbocycles. The van der Waals surface area contributed by atoms with Gasteiger partial charge in [0.15, 0.2) is 0 Å². The van der Waals surface area contributed by atoms with Gasteiger partial charge in [-0.05, 0) is 41.3 Å². The number of rotatable bonds is 3. The molecule has 0 aliphatic carbocycles. The second-order valence-corrected chi connectivity index (χ2v) is 8.76. The van der Waals surface area contributed by atoms with Gasteiger partial charge in [-0.15, -0.1) is 0 Å². The number of nitrogens with one attached hydrogen (secondary N) is 2. The third kappa shape index (κ3) is 3.11. The van der Waals surface area contributed by atoms with Gasteiger partial charge in [0.1, 0.15) is 18.0 Å². The summed E-state index contributed by atoms with van der Waals surface area (Å²) in [4.78, 5) is 8.23. The van der Waals surface area contributed by atoms with Crippen LogP contribution in [0.25, 0.3) is 22.2 Å². The van der Waals surface area contributed by atoms with Crippen LogP contribution in [0.1, 0.15) is 34.1 Å². The average molecular weight is 424 g/mol. The summed E-state index contributed by atoms with van der Waals surface area (Å²) in [6, 6.07) is 20.6. The van der Waals surface area contributed by atoms with Crippen LogP contribution in [0.3, 0.4) is 0 Å². The minimum absolute atomic E-state index is 0.346. The largest absolute Gasteiger partial charge is 0.384 e. The molecule has 1 aromatic heterocycles. The fraction of sp³-hybridized carbons (Fsp3) is 0.231. The lowest BCUT2D eigenvalue weighted by molar-refractivity contribution is 0.134. The lowest BCUT2D eigenvalue weighted by Crippen LogP contribution is -2.29. The van der Waals surface area contributed by atoms with Crippen molar-refractivity contribution in [1.82, 2.24) is 20.3 Å². The van der Waals surface area contributed by atoms with Crippen LogP contribution in [-0.2, 0) is 13.1 Å². The zero-order valence-corrected chi connectivity index (χ0v) is 18.1. The van der Waals surface area contributed by atoms with Gasteiger partial charge in [-0.25, -0.2) is 4.98 Å². The summed E-state index contributed by atoms with van der Waals surface area (Å²) in [5.74, 6) is 0.738. The van der Waals surface area contributed by atoms with Gasteiger partial charge in [0.2, 0.25) is 0 Å². The van der Waals surface area contributed by atoms with Crippen LogP contribution in [0.5, 0.6) is 0 Å². The highest BCUT2D eigenvalue weighted by atomic mass is 16.3. The summed E-state index contributed by atoms with van der Waals surface area (Å²) in [6.45, 7) is 3.86. The number of aliphatic hydroxyl groups is 1. The highest BCUT2D eigenvalue weighted by molar-refractivity contribution is 6.05. The first-order chi connectivity index (χ1) is 15.6. The molecule has 2 atom stereocenters. The molecule has 3 aromatic carbocycles. The van der Waals surface area contributed by atoms with Crippen molar-refractivity contribution in [2.75, 3.05) is 7.05 Å². The summed E-state index contributed by atoms with van der Waals surface area (Å²) in [5, 5.41) is 21.1. The lowest BCUT2D eigenvalue weighted by Gasteiger charge is -2.19. The summed E-state index contributed by atoms with van der Waals surface area (Å²) < 4.78 is 0. The minimum atomic E-state index is -0.765. The van der Waals surface area contributed by atoms with E-state index in [1.165, 1.54) is 22.3 Å². The Morgan fingerprint density at radius 3 is 2.47 bits per heavy atom. The number of nitrogens with zero attached hydrogens (tertiary/aromatic N) is 3. The van der Waals surface area contributed by atoms with Crippen molar-refractivity contribution in [2.24, 2.45) is 5.10 Å². The van der Waals surface area contributed by atoms with Crippen molar-refractivity contribution in [3.63, 3.8) is 0 Å². The van der Waals surface area contributed by atoms with E-state index in [4.69, 9.17) is 4.98 Å². The maximum absolute atomic E-state index is 11.2. The average Bonchev–Trinajstić information content (AvgIpc) is 3.48. The van der Waals surface area contributed by atoms with E-state index in [2.05, 4.69) is 70.9 Å². The maximum atomic E-state index is 11.2. The normalized spacial score (nSPS) is 20.1. The van der Waals surface area contributed by atoms with Crippen LogP contribution in [0.2, 0.25) is 0 Å². The van der Waals surface area contributed by atoms with Crippen molar-refractivity contribution in [3.8, 4) is 11.1 Å². The smallest absolute Gasteiger partial charge is 0.136 e. The van der Waals surface area contributed by atoms with E-state index < -0.39 is 6.10 Å². The summed E-state index contributed by atoms with van der Waals surface area (Å²) >= 11 is 0. The van der Waals surface area contributed by atoms with E-state index in [0.29, 0.717) is 5.71 Å². The summed E-state index contributed by atoms with van der Waals surface area (Å²) in [6.07, 6.45) is -0.765. The Bertz CT molecular complexity index is 1310. The maximum Gasteiger partial charge on any atom is 0.136 e. The Morgan fingerprint density at radius 1 is 0.938 bits per heavy atom. The molecule has 3 heterocycles. The molecule has 2 aliphatic rings. The van der Waals surface area contributed by atoms with E-state index in [0.717, 1.165) is 41.1 Å². The molecule has 32 heavy (non-hydrogen) atoms. The van der Waals surface area contributed by atoms with Crippen LogP contribution in [0.15, 0.2) is 65.8 Å².